The highest BCUT2D eigenvalue weighted by atomic mass is 32.2. The molecule has 1 aromatic rings. The van der Waals surface area contributed by atoms with Gasteiger partial charge in [0.2, 0.25) is 10.0 Å². The van der Waals surface area contributed by atoms with E-state index in [1.807, 2.05) is 13.8 Å². The fraction of sp³-hybridized carbons (Fsp3) is 0.533. The number of nitrogens with one attached hydrogen (secondary N) is 2. The van der Waals surface area contributed by atoms with Crippen molar-refractivity contribution in [3.63, 3.8) is 0 Å². The van der Waals surface area contributed by atoms with Crippen molar-refractivity contribution >= 4 is 15.9 Å². The normalized spacial score (nSPS) is 15.1. The van der Waals surface area contributed by atoms with Gasteiger partial charge < -0.3 is 5.32 Å². The van der Waals surface area contributed by atoms with Crippen LogP contribution in [0.25, 0.3) is 0 Å². The van der Waals surface area contributed by atoms with E-state index in [9.17, 15) is 17.6 Å². The Hall–Kier alpha value is -1.47. The number of rotatable bonds is 7. The summed E-state index contributed by atoms with van der Waals surface area (Å²) in [4.78, 5) is 11.7. The molecule has 0 aliphatic heterocycles. The molecule has 0 heterocycles. The molecule has 0 bridgehead atoms. The van der Waals surface area contributed by atoms with Crippen LogP contribution in [0.1, 0.15) is 49.9 Å². The number of amides is 1. The van der Waals surface area contributed by atoms with Crippen molar-refractivity contribution in [3.05, 3.63) is 29.6 Å². The van der Waals surface area contributed by atoms with Crippen LogP contribution in [-0.2, 0) is 10.0 Å². The van der Waals surface area contributed by atoms with Crippen molar-refractivity contribution in [1.82, 2.24) is 10.0 Å². The lowest BCUT2D eigenvalue weighted by atomic mass is 10.1. The van der Waals surface area contributed by atoms with Crippen LogP contribution >= 0.6 is 0 Å². The summed E-state index contributed by atoms with van der Waals surface area (Å²) in [6, 6.07) is 3.30. The zero-order chi connectivity index (χ0) is 16.3. The van der Waals surface area contributed by atoms with Gasteiger partial charge in [-0.15, -0.1) is 0 Å². The topological polar surface area (TPSA) is 75.3 Å². The Bertz CT molecular complexity index is 653. The number of hydrogen-bond donors (Lipinski definition) is 2. The van der Waals surface area contributed by atoms with Gasteiger partial charge in [-0.2, -0.15) is 0 Å². The summed E-state index contributed by atoms with van der Waals surface area (Å²) < 4.78 is 40.5. The van der Waals surface area contributed by atoms with Gasteiger partial charge in [-0.3, -0.25) is 4.79 Å². The van der Waals surface area contributed by atoms with Crippen molar-refractivity contribution in [2.75, 3.05) is 0 Å². The van der Waals surface area contributed by atoms with Gasteiger partial charge in [-0.1, -0.05) is 13.8 Å². The molecule has 1 aliphatic rings. The Kier molecular flexibility index (Phi) is 5.18. The Morgan fingerprint density at radius 3 is 2.50 bits per heavy atom. The molecule has 22 heavy (non-hydrogen) atoms. The second-order valence-corrected chi connectivity index (χ2v) is 7.21. The molecule has 7 heteroatoms. The Balaban J connectivity index is 2.24. The molecule has 0 spiro atoms. The minimum Gasteiger partial charge on any atom is -0.349 e. The first-order valence-electron chi connectivity index (χ1n) is 7.50. The number of benzene rings is 1. The maximum absolute atomic E-state index is 13.8. The third-order valence-corrected chi connectivity index (χ3v) is 5.24. The van der Waals surface area contributed by atoms with E-state index in [1.165, 1.54) is 6.07 Å². The van der Waals surface area contributed by atoms with Gasteiger partial charge >= 0.3 is 0 Å². The largest absolute Gasteiger partial charge is 0.349 e. The zero-order valence-corrected chi connectivity index (χ0v) is 13.5. The monoisotopic (exact) mass is 328 g/mol. The van der Waals surface area contributed by atoms with E-state index >= 15 is 0 Å². The van der Waals surface area contributed by atoms with Crippen LogP contribution in [-0.4, -0.2) is 26.4 Å². The second-order valence-electron chi connectivity index (χ2n) is 5.53. The van der Waals surface area contributed by atoms with E-state index in [1.54, 1.807) is 0 Å². The molecule has 1 aliphatic carbocycles. The van der Waals surface area contributed by atoms with Crippen LogP contribution in [0.15, 0.2) is 23.1 Å². The molecule has 2 N–H and O–H groups in total. The molecule has 5 nitrogen and oxygen atoms in total. The van der Waals surface area contributed by atoms with E-state index < -0.39 is 26.6 Å². The summed E-state index contributed by atoms with van der Waals surface area (Å²) in [7, 11) is -3.93. The molecule has 0 atom stereocenters. The average Bonchev–Trinajstić information content (AvgIpc) is 3.27. The number of carbonyl (C=O) groups is 1. The predicted octanol–water partition coefficient (Wildman–Crippen LogP) is 2.18. The first kappa shape index (κ1) is 16.9. The van der Waals surface area contributed by atoms with Gasteiger partial charge in [0, 0.05) is 17.6 Å². The number of sulfonamides is 1. The first-order valence-corrected chi connectivity index (χ1v) is 8.98. The van der Waals surface area contributed by atoms with Gasteiger partial charge in [0.15, 0.2) is 0 Å². The lowest BCUT2D eigenvalue weighted by Gasteiger charge is -2.15. The molecule has 122 valence electrons. The van der Waals surface area contributed by atoms with Crippen LogP contribution in [0, 0.1) is 5.82 Å². The SMILES string of the molecule is CCC(CC)NC(=O)c1ccc(F)c(S(=O)(=O)NC2CC2)c1. The van der Waals surface area contributed by atoms with Crippen molar-refractivity contribution in [2.45, 2.75) is 56.5 Å². The molecule has 0 saturated heterocycles. The Labute approximate surface area is 130 Å². The quantitative estimate of drug-likeness (QED) is 0.805. The summed E-state index contributed by atoms with van der Waals surface area (Å²) in [5, 5.41) is 2.81. The molecule has 0 radical (unpaired) electrons. The van der Waals surface area contributed by atoms with E-state index in [-0.39, 0.29) is 17.6 Å². The molecule has 1 fully saturated rings. The fourth-order valence-electron chi connectivity index (χ4n) is 2.10. The minimum atomic E-state index is -3.93. The molecule has 0 aromatic heterocycles. The molecular weight excluding hydrogens is 307 g/mol. The average molecular weight is 328 g/mol. The highest BCUT2D eigenvalue weighted by molar-refractivity contribution is 7.89. The second kappa shape index (κ2) is 6.75. The highest BCUT2D eigenvalue weighted by Gasteiger charge is 2.30. The summed E-state index contributed by atoms with van der Waals surface area (Å²) in [5.74, 6) is -1.25. The molecular formula is C15H21FN2O3S. The van der Waals surface area contributed by atoms with E-state index in [2.05, 4.69) is 10.0 Å². The van der Waals surface area contributed by atoms with Crippen molar-refractivity contribution < 1.29 is 17.6 Å². The maximum Gasteiger partial charge on any atom is 0.251 e. The standard InChI is InChI=1S/C15H21FN2O3S/c1-3-11(4-2)17-15(19)10-5-8-13(16)14(9-10)22(20,21)18-12-6-7-12/h5,8-9,11-12,18H,3-4,6-7H2,1-2H3,(H,17,19). The minimum absolute atomic E-state index is 0.0159. The Morgan fingerprint density at radius 1 is 1.32 bits per heavy atom. The number of halogens is 1. The zero-order valence-electron chi connectivity index (χ0n) is 12.7. The molecule has 1 amide bonds. The van der Waals surface area contributed by atoms with Gasteiger partial charge in [0.05, 0.1) is 0 Å². The third-order valence-electron chi connectivity index (χ3n) is 3.70. The smallest absolute Gasteiger partial charge is 0.251 e. The van der Waals surface area contributed by atoms with Crippen molar-refractivity contribution in [1.29, 1.82) is 0 Å². The van der Waals surface area contributed by atoms with Gasteiger partial charge in [-0.05, 0) is 43.9 Å². The molecule has 2 rings (SSSR count). The lowest BCUT2D eigenvalue weighted by molar-refractivity contribution is 0.0934. The number of carbonyl (C=O) groups excluding carboxylic acids is 1. The van der Waals surface area contributed by atoms with Crippen LogP contribution < -0.4 is 10.0 Å². The number of hydrogen-bond acceptors (Lipinski definition) is 3. The van der Waals surface area contributed by atoms with Crippen LogP contribution in [0.2, 0.25) is 0 Å². The third kappa shape index (κ3) is 4.04. The lowest BCUT2D eigenvalue weighted by Crippen LogP contribution is -2.34. The van der Waals surface area contributed by atoms with Gasteiger partial charge in [0.1, 0.15) is 10.7 Å². The highest BCUT2D eigenvalue weighted by Crippen LogP contribution is 2.24. The molecule has 1 saturated carbocycles. The van der Waals surface area contributed by atoms with Gasteiger partial charge in [0.25, 0.3) is 5.91 Å². The summed E-state index contributed by atoms with van der Waals surface area (Å²) in [6.07, 6.45) is 3.07. The maximum atomic E-state index is 13.8. The molecule has 1 aromatic carbocycles. The van der Waals surface area contributed by atoms with Crippen LogP contribution in [0.4, 0.5) is 4.39 Å². The summed E-state index contributed by atoms with van der Waals surface area (Å²) in [6.45, 7) is 3.91. The van der Waals surface area contributed by atoms with Gasteiger partial charge in [-0.25, -0.2) is 17.5 Å². The molecule has 0 unspecified atom stereocenters. The predicted molar refractivity (Wildman–Crippen MR) is 81.6 cm³/mol. The van der Waals surface area contributed by atoms with E-state index in [0.717, 1.165) is 37.8 Å². The van der Waals surface area contributed by atoms with E-state index in [4.69, 9.17) is 0 Å². The van der Waals surface area contributed by atoms with Crippen LogP contribution in [0.5, 0.6) is 0 Å². The van der Waals surface area contributed by atoms with Crippen LogP contribution in [0.3, 0.4) is 0 Å². The van der Waals surface area contributed by atoms with Crippen molar-refractivity contribution in [3.8, 4) is 0 Å². The Morgan fingerprint density at radius 2 is 1.95 bits per heavy atom. The summed E-state index contributed by atoms with van der Waals surface area (Å²) >= 11 is 0. The summed E-state index contributed by atoms with van der Waals surface area (Å²) in [5.41, 5.74) is 0.143. The fourth-order valence-corrected chi connectivity index (χ4v) is 3.50. The van der Waals surface area contributed by atoms with E-state index in [0.29, 0.717) is 0 Å². The first-order chi connectivity index (χ1) is 10.4. The van der Waals surface area contributed by atoms with Crippen molar-refractivity contribution in [2.24, 2.45) is 0 Å².